The maximum Gasteiger partial charge on any atom is 0.0574 e. The van der Waals surface area contributed by atoms with Crippen molar-refractivity contribution in [3.05, 3.63) is 0 Å². The highest BCUT2D eigenvalue weighted by Gasteiger charge is 2.15. The van der Waals surface area contributed by atoms with Crippen molar-refractivity contribution in [1.29, 1.82) is 0 Å². The largest absolute Gasteiger partial charge is 0.309 e. The molecule has 1 aliphatic heterocycles. The van der Waals surface area contributed by atoms with Crippen molar-refractivity contribution in [2.24, 2.45) is 5.92 Å². The molecule has 0 unspecified atom stereocenters. The second kappa shape index (κ2) is 6.01. The SMILES string of the molecule is CCN1CCC(C#CCNC)CC1. The van der Waals surface area contributed by atoms with E-state index in [9.17, 15) is 0 Å². The third-order valence-corrected chi connectivity index (χ3v) is 2.61. The molecule has 1 N–H and O–H groups in total. The van der Waals surface area contributed by atoms with Crippen LogP contribution in [0.25, 0.3) is 0 Å². The van der Waals surface area contributed by atoms with E-state index in [-0.39, 0.29) is 0 Å². The molecule has 1 heterocycles. The Balaban J connectivity index is 2.22. The zero-order valence-electron chi connectivity index (χ0n) is 8.77. The summed E-state index contributed by atoms with van der Waals surface area (Å²) in [4.78, 5) is 2.50. The van der Waals surface area contributed by atoms with E-state index in [1.807, 2.05) is 7.05 Å². The first kappa shape index (κ1) is 10.6. The monoisotopic (exact) mass is 180 g/mol. The summed E-state index contributed by atoms with van der Waals surface area (Å²) in [5.41, 5.74) is 0. The molecule has 0 aliphatic carbocycles. The Morgan fingerprint density at radius 2 is 2.08 bits per heavy atom. The molecule has 0 atom stereocenters. The molecule has 1 rings (SSSR count). The van der Waals surface area contributed by atoms with Crippen LogP contribution in [0, 0.1) is 17.8 Å². The van der Waals surface area contributed by atoms with Gasteiger partial charge >= 0.3 is 0 Å². The molecule has 13 heavy (non-hydrogen) atoms. The van der Waals surface area contributed by atoms with E-state index in [1.165, 1.54) is 32.5 Å². The fourth-order valence-corrected chi connectivity index (χ4v) is 1.68. The molecule has 1 saturated heterocycles. The molecule has 0 aromatic heterocycles. The van der Waals surface area contributed by atoms with Crippen molar-refractivity contribution in [1.82, 2.24) is 10.2 Å². The van der Waals surface area contributed by atoms with Crippen LogP contribution in [0.5, 0.6) is 0 Å². The van der Waals surface area contributed by atoms with E-state index >= 15 is 0 Å². The zero-order chi connectivity index (χ0) is 9.52. The number of likely N-dealkylation sites (tertiary alicyclic amines) is 1. The van der Waals surface area contributed by atoms with Crippen LogP contribution in [-0.2, 0) is 0 Å². The van der Waals surface area contributed by atoms with Crippen LogP contribution in [0.15, 0.2) is 0 Å². The van der Waals surface area contributed by atoms with E-state index in [0.29, 0.717) is 5.92 Å². The van der Waals surface area contributed by atoms with Gasteiger partial charge in [0.2, 0.25) is 0 Å². The van der Waals surface area contributed by atoms with Crippen molar-refractivity contribution in [2.45, 2.75) is 19.8 Å². The van der Waals surface area contributed by atoms with Crippen LogP contribution in [0.1, 0.15) is 19.8 Å². The Bertz CT molecular complexity index is 182. The van der Waals surface area contributed by atoms with Crippen LogP contribution >= 0.6 is 0 Å². The fraction of sp³-hybridized carbons (Fsp3) is 0.818. The summed E-state index contributed by atoms with van der Waals surface area (Å²) < 4.78 is 0. The maximum atomic E-state index is 3.33. The van der Waals surface area contributed by atoms with Crippen LogP contribution < -0.4 is 5.32 Å². The molecule has 0 aromatic carbocycles. The van der Waals surface area contributed by atoms with Gasteiger partial charge in [0.25, 0.3) is 0 Å². The fourth-order valence-electron chi connectivity index (χ4n) is 1.68. The van der Waals surface area contributed by atoms with E-state index < -0.39 is 0 Å². The van der Waals surface area contributed by atoms with Gasteiger partial charge in [-0.05, 0) is 39.5 Å². The molecule has 2 nitrogen and oxygen atoms in total. The molecule has 0 bridgehead atoms. The molecule has 0 saturated carbocycles. The number of hydrogen-bond acceptors (Lipinski definition) is 2. The van der Waals surface area contributed by atoms with Gasteiger partial charge in [0.05, 0.1) is 6.54 Å². The van der Waals surface area contributed by atoms with E-state index in [2.05, 4.69) is 29.0 Å². The highest BCUT2D eigenvalue weighted by Crippen LogP contribution is 2.15. The summed E-state index contributed by atoms with van der Waals surface area (Å²) in [6.07, 6.45) is 2.51. The quantitative estimate of drug-likeness (QED) is 0.636. The summed E-state index contributed by atoms with van der Waals surface area (Å²) in [7, 11) is 1.94. The van der Waals surface area contributed by atoms with Gasteiger partial charge in [-0.2, -0.15) is 0 Å². The molecule has 1 fully saturated rings. The minimum Gasteiger partial charge on any atom is -0.309 e. The topological polar surface area (TPSA) is 15.3 Å². The van der Waals surface area contributed by atoms with Gasteiger partial charge in [0.1, 0.15) is 0 Å². The van der Waals surface area contributed by atoms with Gasteiger partial charge < -0.3 is 10.2 Å². The lowest BCUT2D eigenvalue weighted by molar-refractivity contribution is 0.216. The summed E-state index contributed by atoms with van der Waals surface area (Å²) in [5, 5.41) is 3.04. The van der Waals surface area contributed by atoms with E-state index in [4.69, 9.17) is 0 Å². The number of rotatable bonds is 2. The first-order chi connectivity index (χ1) is 6.36. The Labute approximate surface area is 81.7 Å². The van der Waals surface area contributed by atoms with Gasteiger partial charge in [-0.1, -0.05) is 18.8 Å². The molecule has 1 aliphatic rings. The molecule has 74 valence electrons. The molecule has 2 heteroatoms. The van der Waals surface area contributed by atoms with Crippen LogP contribution in [0.4, 0.5) is 0 Å². The predicted octanol–water partition coefficient (Wildman–Crippen LogP) is 0.941. The molecule has 0 aromatic rings. The van der Waals surface area contributed by atoms with Crippen LogP contribution in [0.2, 0.25) is 0 Å². The van der Waals surface area contributed by atoms with E-state index in [0.717, 1.165) is 6.54 Å². The first-order valence-corrected chi connectivity index (χ1v) is 5.22. The number of hydrogen-bond donors (Lipinski definition) is 1. The van der Waals surface area contributed by atoms with Crippen molar-refractivity contribution < 1.29 is 0 Å². The summed E-state index contributed by atoms with van der Waals surface area (Å²) in [5.74, 6) is 7.14. The average molecular weight is 180 g/mol. The molecule has 0 radical (unpaired) electrons. The summed E-state index contributed by atoms with van der Waals surface area (Å²) >= 11 is 0. The Morgan fingerprint density at radius 3 is 2.62 bits per heavy atom. The standard InChI is InChI=1S/C11H20N2/c1-3-13-9-6-11(7-10-13)5-4-8-12-2/h11-12H,3,6-10H2,1-2H3. The Morgan fingerprint density at radius 1 is 1.38 bits per heavy atom. The average Bonchev–Trinajstić information content (AvgIpc) is 2.19. The highest BCUT2D eigenvalue weighted by atomic mass is 15.1. The lowest BCUT2D eigenvalue weighted by Crippen LogP contribution is -2.32. The predicted molar refractivity (Wildman–Crippen MR) is 56.5 cm³/mol. The highest BCUT2D eigenvalue weighted by molar-refractivity contribution is 5.06. The minimum absolute atomic E-state index is 0.649. The van der Waals surface area contributed by atoms with Gasteiger partial charge in [-0.25, -0.2) is 0 Å². The lowest BCUT2D eigenvalue weighted by atomic mass is 9.97. The molecular formula is C11H20N2. The Kier molecular flexibility index (Phi) is 4.88. The van der Waals surface area contributed by atoms with E-state index in [1.54, 1.807) is 0 Å². The summed E-state index contributed by atoms with van der Waals surface area (Å²) in [6, 6.07) is 0. The second-order valence-electron chi connectivity index (χ2n) is 3.56. The smallest absolute Gasteiger partial charge is 0.0574 e. The summed E-state index contributed by atoms with van der Waals surface area (Å²) in [6.45, 7) is 6.71. The van der Waals surface area contributed by atoms with Crippen LogP contribution in [-0.4, -0.2) is 38.1 Å². The zero-order valence-corrected chi connectivity index (χ0v) is 8.77. The number of piperidine rings is 1. The van der Waals surface area contributed by atoms with Crippen molar-refractivity contribution in [2.75, 3.05) is 33.2 Å². The van der Waals surface area contributed by atoms with Gasteiger partial charge in [0.15, 0.2) is 0 Å². The maximum absolute atomic E-state index is 3.33. The van der Waals surface area contributed by atoms with Crippen LogP contribution in [0.3, 0.4) is 0 Å². The third-order valence-electron chi connectivity index (χ3n) is 2.61. The second-order valence-corrected chi connectivity index (χ2v) is 3.56. The van der Waals surface area contributed by atoms with Gasteiger partial charge in [0, 0.05) is 5.92 Å². The Hall–Kier alpha value is -0.520. The number of nitrogens with one attached hydrogen (secondary N) is 1. The van der Waals surface area contributed by atoms with Crippen molar-refractivity contribution in [3.63, 3.8) is 0 Å². The van der Waals surface area contributed by atoms with Crippen molar-refractivity contribution >= 4 is 0 Å². The normalized spacial score (nSPS) is 19.5. The van der Waals surface area contributed by atoms with Crippen molar-refractivity contribution in [3.8, 4) is 11.8 Å². The van der Waals surface area contributed by atoms with Gasteiger partial charge in [-0.3, -0.25) is 0 Å². The molecule has 0 spiro atoms. The minimum atomic E-state index is 0.649. The lowest BCUT2D eigenvalue weighted by Gasteiger charge is -2.28. The number of nitrogens with zero attached hydrogens (tertiary/aromatic N) is 1. The molecular weight excluding hydrogens is 160 g/mol. The first-order valence-electron chi connectivity index (χ1n) is 5.22. The molecule has 0 amide bonds. The third kappa shape index (κ3) is 3.80. The van der Waals surface area contributed by atoms with Gasteiger partial charge in [-0.15, -0.1) is 0 Å².